The SMILES string of the molecule is Cc1nn(C)c(=O)n1N1CCN(c2ccc(OCC3COC(Cn4ccnc4)(c4ccc(Cl)cc4Cl)O3)cc2)CC1. The van der Waals surface area contributed by atoms with E-state index in [0.717, 1.165) is 37.6 Å². The topological polar surface area (TPSA) is 91.8 Å². The highest BCUT2D eigenvalue weighted by molar-refractivity contribution is 6.35. The minimum absolute atomic E-state index is 0.121. The van der Waals surface area contributed by atoms with E-state index in [0.29, 0.717) is 41.2 Å². The fraction of sp³-hybridized carbons (Fsp3) is 0.393. The van der Waals surface area contributed by atoms with Gasteiger partial charge in [0, 0.05) is 48.8 Å². The van der Waals surface area contributed by atoms with Gasteiger partial charge in [0.1, 0.15) is 18.5 Å². The predicted molar refractivity (Wildman–Crippen MR) is 155 cm³/mol. The van der Waals surface area contributed by atoms with E-state index in [2.05, 4.69) is 27.1 Å². The van der Waals surface area contributed by atoms with Gasteiger partial charge in [-0.3, -0.25) is 0 Å². The van der Waals surface area contributed by atoms with Gasteiger partial charge >= 0.3 is 5.69 Å². The summed E-state index contributed by atoms with van der Waals surface area (Å²) in [6.07, 6.45) is 4.96. The maximum absolute atomic E-state index is 12.4. The first-order chi connectivity index (χ1) is 19.8. The van der Waals surface area contributed by atoms with Crippen molar-refractivity contribution in [3.05, 3.63) is 93.1 Å². The van der Waals surface area contributed by atoms with Gasteiger partial charge in [-0.2, -0.15) is 9.77 Å². The van der Waals surface area contributed by atoms with Crippen molar-refractivity contribution in [2.45, 2.75) is 25.4 Å². The zero-order valence-electron chi connectivity index (χ0n) is 22.8. The standard InChI is InChI=1S/C28H31Cl2N7O4/c1-20-32-33(2)27(38)37(20)36-13-11-35(12-14-36)22-4-6-23(7-5-22)39-16-24-17-40-28(41-24,18-34-10-9-31-19-34)25-8-3-21(29)15-26(25)30/h3-10,15,19,24H,11-14,16-18H2,1-2H3. The van der Waals surface area contributed by atoms with Gasteiger partial charge in [-0.1, -0.05) is 29.3 Å². The average molecular weight is 601 g/mol. The summed E-state index contributed by atoms with van der Waals surface area (Å²) < 4.78 is 23.8. The largest absolute Gasteiger partial charge is 0.491 e. The predicted octanol–water partition coefficient (Wildman–Crippen LogP) is 3.20. The van der Waals surface area contributed by atoms with Crippen molar-refractivity contribution in [3.8, 4) is 5.75 Å². The lowest BCUT2D eigenvalue weighted by atomic mass is 10.1. The maximum Gasteiger partial charge on any atom is 0.364 e. The summed E-state index contributed by atoms with van der Waals surface area (Å²) in [5.74, 6) is 0.339. The quantitative estimate of drug-likeness (QED) is 0.305. The van der Waals surface area contributed by atoms with E-state index >= 15 is 0 Å². The van der Waals surface area contributed by atoms with Crippen molar-refractivity contribution in [3.63, 3.8) is 0 Å². The highest BCUT2D eigenvalue weighted by Crippen LogP contribution is 2.40. The van der Waals surface area contributed by atoms with Crippen molar-refractivity contribution in [2.24, 2.45) is 7.05 Å². The third-order valence-electron chi connectivity index (χ3n) is 7.39. The number of aromatic nitrogens is 5. The van der Waals surface area contributed by atoms with Gasteiger partial charge in [0.2, 0.25) is 5.79 Å². The maximum atomic E-state index is 12.4. The second kappa shape index (κ2) is 11.4. The molecule has 13 heteroatoms. The first-order valence-corrected chi connectivity index (χ1v) is 14.2. The molecular weight excluding hydrogens is 569 g/mol. The molecule has 2 fully saturated rings. The van der Waals surface area contributed by atoms with Crippen molar-refractivity contribution >= 4 is 28.9 Å². The lowest BCUT2D eigenvalue weighted by molar-refractivity contribution is -0.189. The third-order valence-corrected chi connectivity index (χ3v) is 7.93. The molecule has 0 saturated carbocycles. The zero-order chi connectivity index (χ0) is 28.6. The van der Waals surface area contributed by atoms with Crippen LogP contribution in [0.15, 0.2) is 66.0 Å². The Balaban J connectivity index is 1.07. The van der Waals surface area contributed by atoms with E-state index in [1.54, 1.807) is 36.4 Å². The number of halogens is 2. The zero-order valence-corrected chi connectivity index (χ0v) is 24.3. The molecule has 0 amide bonds. The van der Waals surface area contributed by atoms with Crippen LogP contribution >= 0.6 is 23.2 Å². The molecule has 0 aliphatic carbocycles. The molecule has 6 rings (SSSR count). The third kappa shape index (κ3) is 5.67. The number of hydrogen-bond acceptors (Lipinski definition) is 8. The second-order valence-corrected chi connectivity index (χ2v) is 11.0. The number of anilines is 1. The van der Waals surface area contributed by atoms with E-state index < -0.39 is 5.79 Å². The molecule has 2 aromatic heterocycles. The number of nitrogens with zero attached hydrogens (tertiary/aromatic N) is 7. The number of imidazole rings is 1. The van der Waals surface area contributed by atoms with Crippen molar-refractivity contribution in [1.82, 2.24) is 24.0 Å². The Morgan fingerprint density at radius 2 is 1.88 bits per heavy atom. The number of hydrogen-bond donors (Lipinski definition) is 0. The molecule has 216 valence electrons. The van der Waals surface area contributed by atoms with Crippen molar-refractivity contribution in [2.75, 3.05) is 49.3 Å². The minimum Gasteiger partial charge on any atom is -0.491 e. The van der Waals surface area contributed by atoms with Crippen LogP contribution in [0.4, 0.5) is 5.69 Å². The number of benzene rings is 2. The summed E-state index contributed by atoms with van der Waals surface area (Å²) in [5.41, 5.74) is 1.68. The monoisotopic (exact) mass is 599 g/mol. The number of rotatable bonds is 8. The van der Waals surface area contributed by atoms with Gasteiger partial charge in [0.15, 0.2) is 5.82 Å². The average Bonchev–Trinajstić information content (AvgIpc) is 3.68. The van der Waals surface area contributed by atoms with E-state index in [-0.39, 0.29) is 11.8 Å². The van der Waals surface area contributed by atoms with E-state index in [1.807, 2.05) is 40.9 Å². The molecule has 0 spiro atoms. The summed E-state index contributed by atoms with van der Waals surface area (Å²) in [6, 6.07) is 13.3. The molecule has 11 nitrogen and oxygen atoms in total. The molecule has 2 saturated heterocycles. The summed E-state index contributed by atoms with van der Waals surface area (Å²) in [4.78, 5) is 18.8. The molecule has 4 heterocycles. The Morgan fingerprint density at radius 1 is 1.10 bits per heavy atom. The molecule has 2 aromatic carbocycles. The van der Waals surface area contributed by atoms with Gasteiger partial charge < -0.3 is 28.7 Å². The summed E-state index contributed by atoms with van der Waals surface area (Å²) in [5, 5.41) is 7.29. The molecule has 4 aromatic rings. The Kier molecular flexibility index (Phi) is 7.69. The van der Waals surface area contributed by atoms with Crippen molar-refractivity contribution < 1.29 is 14.2 Å². The van der Waals surface area contributed by atoms with Crippen LogP contribution in [0, 0.1) is 6.92 Å². The number of aryl methyl sites for hydroxylation is 2. The molecule has 2 atom stereocenters. The Bertz CT molecular complexity index is 1550. The van der Waals surface area contributed by atoms with Crippen LogP contribution in [-0.2, 0) is 28.9 Å². The van der Waals surface area contributed by atoms with Crippen molar-refractivity contribution in [1.29, 1.82) is 0 Å². The highest BCUT2D eigenvalue weighted by atomic mass is 35.5. The van der Waals surface area contributed by atoms with E-state index in [1.165, 1.54) is 4.68 Å². The molecule has 2 unspecified atom stereocenters. The van der Waals surface area contributed by atoms with Gasteiger partial charge in [0.25, 0.3) is 0 Å². The first kappa shape index (κ1) is 27.6. The smallest absolute Gasteiger partial charge is 0.364 e. The normalized spacial score (nSPS) is 21.0. The molecule has 2 aliphatic rings. The van der Waals surface area contributed by atoms with Gasteiger partial charge in [-0.05, 0) is 43.3 Å². The molecule has 0 bridgehead atoms. The Morgan fingerprint density at radius 3 is 2.54 bits per heavy atom. The van der Waals surface area contributed by atoms with Gasteiger partial charge in [-0.25, -0.2) is 14.5 Å². The van der Waals surface area contributed by atoms with Crippen LogP contribution in [0.2, 0.25) is 10.0 Å². The van der Waals surface area contributed by atoms with Gasteiger partial charge in [-0.15, -0.1) is 0 Å². The summed E-state index contributed by atoms with van der Waals surface area (Å²) in [7, 11) is 1.67. The van der Waals surface area contributed by atoms with Crippen LogP contribution in [0.3, 0.4) is 0 Å². The Hall–Kier alpha value is -3.51. The number of piperazine rings is 1. The molecular formula is C28H31Cl2N7O4. The molecule has 0 radical (unpaired) electrons. The molecule has 41 heavy (non-hydrogen) atoms. The van der Waals surface area contributed by atoms with Crippen LogP contribution in [-0.4, -0.2) is 69.5 Å². The highest BCUT2D eigenvalue weighted by Gasteiger charge is 2.45. The van der Waals surface area contributed by atoms with Crippen LogP contribution < -0.4 is 20.3 Å². The van der Waals surface area contributed by atoms with E-state index in [4.69, 9.17) is 37.4 Å². The van der Waals surface area contributed by atoms with E-state index in [9.17, 15) is 4.79 Å². The van der Waals surface area contributed by atoms with Crippen LogP contribution in [0.5, 0.6) is 5.75 Å². The first-order valence-electron chi connectivity index (χ1n) is 13.4. The lowest BCUT2D eigenvalue weighted by Crippen LogP contribution is -2.54. The summed E-state index contributed by atoms with van der Waals surface area (Å²) >= 11 is 12.7. The van der Waals surface area contributed by atoms with Crippen LogP contribution in [0.25, 0.3) is 0 Å². The number of ether oxygens (including phenoxy) is 3. The fourth-order valence-corrected chi connectivity index (χ4v) is 5.93. The molecule has 2 aliphatic heterocycles. The molecule has 0 N–H and O–H groups in total. The Labute approximate surface area is 247 Å². The second-order valence-electron chi connectivity index (χ2n) is 10.2. The minimum atomic E-state index is -1.10. The fourth-order valence-electron chi connectivity index (χ4n) is 5.38. The van der Waals surface area contributed by atoms with Crippen LogP contribution in [0.1, 0.15) is 11.4 Å². The lowest BCUT2D eigenvalue weighted by Gasteiger charge is -2.37. The van der Waals surface area contributed by atoms with Gasteiger partial charge in [0.05, 0.1) is 37.6 Å². The summed E-state index contributed by atoms with van der Waals surface area (Å²) in [6.45, 7) is 5.92.